The molecule has 0 bridgehead atoms. The summed E-state index contributed by atoms with van der Waals surface area (Å²) < 4.78 is 13.3. The van der Waals surface area contributed by atoms with Gasteiger partial charge in [-0.3, -0.25) is 0 Å². The van der Waals surface area contributed by atoms with Gasteiger partial charge in [0.2, 0.25) is 0 Å². The van der Waals surface area contributed by atoms with Crippen LogP contribution in [0.15, 0.2) is 18.2 Å². The normalized spacial score (nSPS) is 10.9. The molecular formula is C12H18FN. The van der Waals surface area contributed by atoms with E-state index >= 15 is 0 Å². The summed E-state index contributed by atoms with van der Waals surface area (Å²) in [5, 5.41) is 3.03. The molecule has 2 heteroatoms. The van der Waals surface area contributed by atoms with Crippen molar-refractivity contribution in [3.63, 3.8) is 0 Å². The van der Waals surface area contributed by atoms with Crippen molar-refractivity contribution in [3.8, 4) is 0 Å². The summed E-state index contributed by atoms with van der Waals surface area (Å²) in [5.74, 6) is 0.369. The van der Waals surface area contributed by atoms with Gasteiger partial charge in [-0.25, -0.2) is 4.39 Å². The highest BCUT2D eigenvalue weighted by Gasteiger charge is 2.05. The molecule has 0 aliphatic heterocycles. The van der Waals surface area contributed by atoms with Crippen LogP contribution >= 0.6 is 0 Å². The van der Waals surface area contributed by atoms with Gasteiger partial charge in [-0.2, -0.15) is 0 Å². The molecule has 0 radical (unpaired) electrons. The molecule has 0 saturated carbocycles. The van der Waals surface area contributed by atoms with Crippen LogP contribution in [-0.4, -0.2) is 13.6 Å². The average molecular weight is 195 g/mol. The first kappa shape index (κ1) is 11.2. The van der Waals surface area contributed by atoms with Gasteiger partial charge in [-0.05, 0) is 43.1 Å². The summed E-state index contributed by atoms with van der Waals surface area (Å²) in [6.07, 6.45) is 0.753. The molecule has 1 rings (SSSR count). The minimum atomic E-state index is -0.0929. The predicted octanol–water partition coefficient (Wildman–Crippen LogP) is 2.71. The molecule has 0 saturated heterocycles. The summed E-state index contributed by atoms with van der Waals surface area (Å²) in [6.45, 7) is 5.06. The van der Waals surface area contributed by atoms with Crippen molar-refractivity contribution in [1.29, 1.82) is 0 Å². The van der Waals surface area contributed by atoms with E-state index in [4.69, 9.17) is 0 Å². The molecule has 0 aliphatic carbocycles. The van der Waals surface area contributed by atoms with Crippen LogP contribution in [-0.2, 0) is 6.42 Å². The third-order valence-corrected chi connectivity index (χ3v) is 2.38. The molecule has 0 amide bonds. The van der Waals surface area contributed by atoms with Crippen LogP contribution < -0.4 is 5.32 Å². The van der Waals surface area contributed by atoms with Crippen molar-refractivity contribution in [1.82, 2.24) is 5.32 Å². The molecule has 1 N–H and O–H groups in total. The summed E-state index contributed by atoms with van der Waals surface area (Å²) >= 11 is 0. The van der Waals surface area contributed by atoms with Gasteiger partial charge in [-0.1, -0.05) is 26.0 Å². The molecule has 0 aliphatic rings. The second kappa shape index (κ2) is 5.11. The van der Waals surface area contributed by atoms with Gasteiger partial charge in [0.25, 0.3) is 0 Å². The molecule has 0 fully saturated rings. The van der Waals surface area contributed by atoms with Gasteiger partial charge in [0.15, 0.2) is 0 Å². The zero-order chi connectivity index (χ0) is 10.6. The fraction of sp³-hybridized carbons (Fsp3) is 0.500. The average Bonchev–Trinajstić information content (AvgIpc) is 2.16. The van der Waals surface area contributed by atoms with Crippen LogP contribution in [0.5, 0.6) is 0 Å². The minimum Gasteiger partial charge on any atom is -0.319 e. The third-order valence-electron chi connectivity index (χ3n) is 2.38. The Morgan fingerprint density at radius 1 is 1.36 bits per heavy atom. The van der Waals surface area contributed by atoms with E-state index in [0.29, 0.717) is 5.92 Å². The summed E-state index contributed by atoms with van der Waals surface area (Å²) in [7, 11) is 1.88. The van der Waals surface area contributed by atoms with Crippen LogP contribution in [0.4, 0.5) is 4.39 Å². The van der Waals surface area contributed by atoms with Crippen molar-refractivity contribution < 1.29 is 4.39 Å². The molecule has 1 nitrogen and oxygen atoms in total. The first-order valence-corrected chi connectivity index (χ1v) is 5.08. The Morgan fingerprint density at radius 3 is 2.64 bits per heavy atom. The maximum atomic E-state index is 13.3. The van der Waals surface area contributed by atoms with E-state index in [0.717, 1.165) is 18.5 Å². The Kier molecular flexibility index (Phi) is 4.08. The number of nitrogens with one attached hydrogen (secondary N) is 1. The van der Waals surface area contributed by atoms with E-state index in [-0.39, 0.29) is 5.82 Å². The highest BCUT2D eigenvalue weighted by Crippen LogP contribution is 2.18. The molecule has 78 valence electrons. The third kappa shape index (κ3) is 2.81. The lowest BCUT2D eigenvalue weighted by Crippen LogP contribution is -2.11. The maximum Gasteiger partial charge on any atom is 0.126 e. The molecule has 1 aromatic rings. The van der Waals surface area contributed by atoms with Gasteiger partial charge < -0.3 is 5.32 Å². The minimum absolute atomic E-state index is 0.0929. The Labute approximate surface area is 85.3 Å². The Morgan fingerprint density at radius 2 is 2.07 bits per heavy atom. The lowest BCUT2D eigenvalue weighted by molar-refractivity contribution is 0.603. The summed E-state index contributed by atoms with van der Waals surface area (Å²) in [6, 6.07) is 5.40. The smallest absolute Gasteiger partial charge is 0.126 e. The molecule has 0 aromatic heterocycles. The van der Waals surface area contributed by atoms with Crippen molar-refractivity contribution in [2.24, 2.45) is 0 Å². The number of halogens is 1. The number of hydrogen-bond donors (Lipinski definition) is 1. The molecule has 0 unspecified atom stereocenters. The number of rotatable bonds is 4. The number of hydrogen-bond acceptors (Lipinski definition) is 1. The topological polar surface area (TPSA) is 12.0 Å². The monoisotopic (exact) mass is 195 g/mol. The van der Waals surface area contributed by atoms with Crippen LogP contribution in [0.1, 0.15) is 30.9 Å². The van der Waals surface area contributed by atoms with Gasteiger partial charge in [0.05, 0.1) is 0 Å². The Hall–Kier alpha value is -0.890. The molecule has 14 heavy (non-hydrogen) atoms. The fourth-order valence-corrected chi connectivity index (χ4v) is 1.41. The van der Waals surface area contributed by atoms with Crippen LogP contribution in [0.2, 0.25) is 0 Å². The van der Waals surface area contributed by atoms with E-state index < -0.39 is 0 Å². The quantitative estimate of drug-likeness (QED) is 0.779. The second-order valence-corrected chi connectivity index (χ2v) is 3.86. The Balaban J connectivity index is 2.85. The van der Waals surface area contributed by atoms with Crippen molar-refractivity contribution in [2.45, 2.75) is 26.2 Å². The van der Waals surface area contributed by atoms with Gasteiger partial charge in [0.1, 0.15) is 5.82 Å². The van der Waals surface area contributed by atoms with Crippen LogP contribution in [0.25, 0.3) is 0 Å². The highest BCUT2D eigenvalue weighted by molar-refractivity contribution is 5.27. The molecule has 0 spiro atoms. The number of likely N-dealkylation sites (N-methyl/N-ethyl adjacent to an activating group) is 1. The van der Waals surface area contributed by atoms with Crippen molar-refractivity contribution >= 4 is 0 Å². The van der Waals surface area contributed by atoms with E-state index in [9.17, 15) is 4.39 Å². The SMILES string of the molecule is CNCCc1cc(C(C)C)ccc1F. The first-order valence-electron chi connectivity index (χ1n) is 5.08. The molecule has 0 atom stereocenters. The molecule has 1 aromatic carbocycles. The van der Waals surface area contributed by atoms with Gasteiger partial charge in [-0.15, -0.1) is 0 Å². The Bertz CT molecular complexity index is 294. The first-order chi connectivity index (χ1) is 6.65. The standard InChI is InChI=1S/C12H18FN/c1-9(2)10-4-5-12(13)11(8-10)6-7-14-3/h4-5,8-9,14H,6-7H2,1-3H3. The van der Waals surface area contributed by atoms with E-state index in [1.165, 1.54) is 5.56 Å². The van der Waals surface area contributed by atoms with Gasteiger partial charge in [0, 0.05) is 0 Å². The zero-order valence-electron chi connectivity index (χ0n) is 9.10. The van der Waals surface area contributed by atoms with Crippen molar-refractivity contribution in [2.75, 3.05) is 13.6 Å². The lowest BCUT2D eigenvalue weighted by Gasteiger charge is -2.09. The molecule has 0 heterocycles. The second-order valence-electron chi connectivity index (χ2n) is 3.86. The predicted molar refractivity (Wildman–Crippen MR) is 58.1 cm³/mol. The lowest BCUT2D eigenvalue weighted by atomic mass is 9.99. The van der Waals surface area contributed by atoms with E-state index in [2.05, 4.69) is 19.2 Å². The van der Waals surface area contributed by atoms with Crippen LogP contribution in [0, 0.1) is 5.82 Å². The number of benzene rings is 1. The van der Waals surface area contributed by atoms with E-state index in [1.807, 2.05) is 19.2 Å². The van der Waals surface area contributed by atoms with E-state index in [1.54, 1.807) is 6.07 Å². The van der Waals surface area contributed by atoms with Gasteiger partial charge >= 0.3 is 0 Å². The molecular weight excluding hydrogens is 177 g/mol. The largest absolute Gasteiger partial charge is 0.319 e. The maximum absolute atomic E-state index is 13.3. The summed E-state index contributed by atoms with van der Waals surface area (Å²) in [5.41, 5.74) is 2.02. The zero-order valence-corrected chi connectivity index (χ0v) is 9.10. The highest BCUT2D eigenvalue weighted by atomic mass is 19.1. The summed E-state index contributed by atoms with van der Waals surface area (Å²) in [4.78, 5) is 0. The van der Waals surface area contributed by atoms with Crippen molar-refractivity contribution in [3.05, 3.63) is 35.1 Å². The van der Waals surface area contributed by atoms with Crippen LogP contribution in [0.3, 0.4) is 0 Å². The fourth-order valence-electron chi connectivity index (χ4n) is 1.41.